The summed E-state index contributed by atoms with van der Waals surface area (Å²) in [5.74, 6) is -0.266. The van der Waals surface area contributed by atoms with Gasteiger partial charge in [0.25, 0.3) is 15.9 Å². The van der Waals surface area contributed by atoms with E-state index in [0.29, 0.717) is 11.3 Å². The van der Waals surface area contributed by atoms with Crippen LogP contribution in [0.25, 0.3) is 0 Å². The van der Waals surface area contributed by atoms with Gasteiger partial charge in [0.2, 0.25) is 0 Å². The van der Waals surface area contributed by atoms with Crippen LogP contribution in [0.4, 0.5) is 5.69 Å². The number of hydrogen-bond donors (Lipinski definition) is 2. The predicted octanol–water partition coefficient (Wildman–Crippen LogP) is 5.58. The highest BCUT2D eigenvalue weighted by molar-refractivity contribution is 7.92. The summed E-state index contributed by atoms with van der Waals surface area (Å²) in [6.45, 7) is 10.2. The standard InChI is InChI=1S/C26H30N2O3S/c1-18-11-12-21(17-24(18)28-32(30,31)23-9-7-6-8-10-23)25(29)27-19(2)20-13-15-22(16-14-20)26(3,4)5/h6-17,19,28H,1-5H3,(H,27,29)/t19-/m0/s1. The van der Waals surface area contributed by atoms with E-state index in [-0.39, 0.29) is 22.3 Å². The summed E-state index contributed by atoms with van der Waals surface area (Å²) in [6.07, 6.45) is 0. The Hall–Kier alpha value is -3.12. The number of carbonyl (C=O) groups excluding carboxylic acids is 1. The average Bonchev–Trinajstić information content (AvgIpc) is 2.75. The lowest BCUT2D eigenvalue weighted by molar-refractivity contribution is 0.0940. The van der Waals surface area contributed by atoms with Crippen LogP contribution in [0.3, 0.4) is 0 Å². The molecule has 2 N–H and O–H groups in total. The van der Waals surface area contributed by atoms with Crippen molar-refractivity contribution in [2.45, 2.75) is 51.0 Å². The van der Waals surface area contributed by atoms with Crippen molar-refractivity contribution in [1.82, 2.24) is 5.32 Å². The fourth-order valence-corrected chi connectivity index (χ4v) is 4.45. The zero-order chi connectivity index (χ0) is 23.5. The van der Waals surface area contributed by atoms with Gasteiger partial charge in [-0.2, -0.15) is 0 Å². The zero-order valence-electron chi connectivity index (χ0n) is 19.1. The van der Waals surface area contributed by atoms with Crippen molar-refractivity contribution in [3.8, 4) is 0 Å². The largest absolute Gasteiger partial charge is 0.346 e. The monoisotopic (exact) mass is 450 g/mol. The summed E-state index contributed by atoms with van der Waals surface area (Å²) in [7, 11) is -3.74. The maximum Gasteiger partial charge on any atom is 0.261 e. The molecule has 3 aromatic rings. The van der Waals surface area contributed by atoms with Gasteiger partial charge >= 0.3 is 0 Å². The van der Waals surface area contributed by atoms with Crippen LogP contribution in [-0.4, -0.2) is 14.3 Å². The molecular formula is C26H30N2O3S. The van der Waals surface area contributed by atoms with Crippen molar-refractivity contribution in [3.05, 3.63) is 95.1 Å². The number of nitrogens with one attached hydrogen (secondary N) is 2. The molecule has 0 aromatic heterocycles. The number of benzene rings is 3. The third-order valence-electron chi connectivity index (χ3n) is 5.42. The second-order valence-electron chi connectivity index (χ2n) is 9.02. The lowest BCUT2D eigenvalue weighted by Crippen LogP contribution is -2.27. The van der Waals surface area contributed by atoms with Gasteiger partial charge in [0.05, 0.1) is 16.6 Å². The highest BCUT2D eigenvalue weighted by Gasteiger charge is 2.18. The van der Waals surface area contributed by atoms with Gasteiger partial charge in [0, 0.05) is 5.56 Å². The van der Waals surface area contributed by atoms with Crippen molar-refractivity contribution < 1.29 is 13.2 Å². The van der Waals surface area contributed by atoms with Crippen molar-refractivity contribution in [2.75, 3.05) is 4.72 Å². The number of sulfonamides is 1. The van der Waals surface area contributed by atoms with Crippen molar-refractivity contribution in [2.24, 2.45) is 0 Å². The van der Waals surface area contributed by atoms with Gasteiger partial charge in [0.1, 0.15) is 0 Å². The highest BCUT2D eigenvalue weighted by atomic mass is 32.2. The second kappa shape index (κ2) is 9.17. The van der Waals surface area contributed by atoms with E-state index in [9.17, 15) is 13.2 Å². The quantitative estimate of drug-likeness (QED) is 0.514. The molecule has 168 valence electrons. The Morgan fingerprint density at radius 3 is 2.12 bits per heavy atom. The Balaban J connectivity index is 1.76. The zero-order valence-corrected chi connectivity index (χ0v) is 20.0. The van der Waals surface area contributed by atoms with Gasteiger partial charge in [-0.15, -0.1) is 0 Å². The van der Waals surface area contributed by atoms with Gasteiger partial charge in [-0.1, -0.05) is 69.3 Å². The molecule has 0 aliphatic heterocycles. The minimum absolute atomic E-state index is 0.0659. The Kier molecular flexibility index (Phi) is 6.74. The van der Waals surface area contributed by atoms with Crippen molar-refractivity contribution in [1.29, 1.82) is 0 Å². The first-order chi connectivity index (χ1) is 15.0. The van der Waals surface area contributed by atoms with Crippen LogP contribution >= 0.6 is 0 Å². The molecule has 3 aromatic carbocycles. The number of aryl methyl sites for hydroxylation is 1. The van der Waals surface area contributed by atoms with Gasteiger partial charge in [-0.3, -0.25) is 9.52 Å². The van der Waals surface area contributed by atoms with Gasteiger partial charge < -0.3 is 5.32 Å². The van der Waals surface area contributed by atoms with Crippen LogP contribution in [0.2, 0.25) is 0 Å². The number of rotatable bonds is 6. The van der Waals surface area contributed by atoms with E-state index < -0.39 is 10.0 Å². The van der Waals surface area contributed by atoms with E-state index in [4.69, 9.17) is 0 Å². The van der Waals surface area contributed by atoms with Crippen LogP contribution in [0.1, 0.15) is 60.8 Å². The predicted molar refractivity (Wildman–Crippen MR) is 129 cm³/mol. The molecule has 3 rings (SSSR count). The number of hydrogen-bond acceptors (Lipinski definition) is 3. The molecule has 0 unspecified atom stereocenters. The number of carbonyl (C=O) groups is 1. The summed E-state index contributed by atoms with van der Waals surface area (Å²) < 4.78 is 28.0. The average molecular weight is 451 g/mol. The van der Waals surface area contributed by atoms with Gasteiger partial charge in [-0.25, -0.2) is 8.42 Å². The van der Waals surface area contributed by atoms with Crippen LogP contribution < -0.4 is 10.0 Å². The van der Waals surface area contributed by atoms with Crippen LogP contribution in [0.5, 0.6) is 0 Å². The number of anilines is 1. The summed E-state index contributed by atoms with van der Waals surface area (Å²) >= 11 is 0. The molecule has 0 fully saturated rings. The van der Waals surface area contributed by atoms with E-state index >= 15 is 0 Å². The molecule has 6 heteroatoms. The molecule has 0 bridgehead atoms. The van der Waals surface area contributed by atoms with Gasteiger partial charge in [0.15, 0.2) is 0 Å². The lowest BCUT2D eigenvalue weighted by Gasteiger charge is -2.21. The Morgan fingerprint density at radius 2 is 1.53 bits per heavy atom. The second-order valence-corrected chi connectivity index (χ2v) is 10.7. The highest BCUT2D eigenvalue weighted by Crippen LogP contribution is 2.25. The Labute approximate surface area is 190 Å². The topological polar surface area (TPSA) is 75.3 Å². The molecule has 0 saturated carbocycles. The third-order valence-corrected chi connectivity index (χ3v) is 6.80. The maximum absolute atomic E-state index is 12.9. The molecule has 0 spiro atoms. The first kappa shape index (κ1) is 23.5. The first-order valence-electron chi connectivity index (χ1n) is 10.6. The van der Waals surface area contributed by atoms with E-state index in [2.05, 4.69) is 42.9 Å². The van der Waals surface area contributed by atoms with Gasteiger partial charge in [-0.05, 0) is 60.2 Å². The summed E-state index contributed by atoms with van der Waals surface area (Å²) in [6, 6.07) is 21.2. The molecule has 1 amide bonds. The van der Waals surface area contributed by atoms with E-state index in [1.165, 1.54) is 17.7 Å². The Morgan fingerprint density at radius 1 is 0.906 bits per heavy atom. The SMILES string of the molecule is Cc1ccc(C(=O)N[C@@H](C)c2ccc(C(C)(C)C)cc2)cc1NS(=O)(=O)c1ccccc1. The normalized spacial score (nSPS) is 12.8. The van der Waals surface area contributed by atoms with E-state index in [1.807, 2.05) is 19.1 Å². The molecule has 1 atom stereocenters. The fraction of sp³-hybridized carbons (Fsp3) is 0.269. The van der Waals surface area contributed by atoms with Crippen LogP contribution in [0.15, 0.2) is 77.7 Å². The maximum atomic E-state index is 12.9. The minimum atomic E-state index is -3.74. The molecule has 0 aliphatic rings. The molecule has 0 aliphatic carbocycles. The molecule has 0 radical (unpaired) electrons. The molecular weight excluding hydrogens is 420 g/mol. The van der Waals surface area contributed by atoms with Crippen LogP contribution in [-0.2, 0) is 15.4 Å². The Bertz CT molecular complexity index is 1200. The summed E-state index contributed by atoms with van der Waals surface area (Å²) in [4.78, 5) is 13.0. The van der Waals surface area contributed by atoms with Crippen molar-refractivity contribution in [3.63, 3.8) is 0 Å². The molecule has 5 nitrogen and oxygen atoms in total. The summed E-state index contributed by atoms with van der Waals surface area (Å²) in [5, 5.41) is 3.00. The van der Waals surface area contributed by atoms with Crippen LogP contribution in [0, 0.1) is 6.92 Å². The first-order valence-corrected chi connectivity index (χ1v) is 12.1. The van der Waals surface area contributed by atoms with Crippen molar-refractivity contribution >= 4 is 21.6 Å². The summed E-state index contributed by atoms with van der Waals surface area (Å²) in [5.41, 5.74) is 3.79. The molecule has 0 saturated heterocycles. The lowest BCUT2D eigenvalue weighted by atomic mass is 9.86. The van der Waals surface area contributed by atoms with E-state index in [0.717, 1.165) is 11.1 Å². The third kappa shape index (κ3) is 5.56. The minimum Gasteiger partial charge on any atom is -0.346 e. The van der Waals surface area contributed by atoms with E-state index in [1.54, 1.807) is 43.3 Å². The smallest absolute Gasteiger partial charge is 0.261 e. The fourth-order valence-electron chi connectivity index (χ4n) is 3.31. The molecule has 0 heterocycles. The number of amides is 1. The molecule has 32 heavy (non-hydrogen) atoms.